The lowest BCUT2D eigenvalue weighted by atomic mass is 9.49. The molecule has 0 radical (unpaired) electrons. The summed E-state index contributed by atoms with van der Waals surface area (Å²) in [4.78, 5) is 0. The zero-order chi connectivity index (χ0) is 15.8. The van der Waals surface area contributed by atoms with Crippen LogP contribution in [0.1, 0.15) is 54.4 Å². The van der Waals surface area contributed by atoms with Gasteiger partial charge in [-0.1, -0.05) is 36.9 Å². The van der Waals surface area contributed by atoms with E-state index in [0.717, 1.165) is 17.6 Å². The van der Waals surface area contributed by atoms with Gasteiger partial charge in [0.2, 0.25) is 5.69 Å². The monoisotopic (exact) mass is 348 g/mol. The molecule has 0 spiro atoms. The summed E-state index contributed by atoms with van der Waals surface area (Å²) in [6.45, 7) is 13.0. The van der Waals surface area contributed by atoms with E-state index in [1.165, 1.54) is 12.8 Å². The maximum Gasteiger partial charge on any atom is 0.248 e. The number of fused-ring (bicyclic) bond motifs is 1. The van der Waals surface area contributed by atoms with Gasteiger partial charge in [0.25, 0.3) is 0 Å². The van der Waals surface area contributed by atoms with Crippen LogP contribution < -0.4 is 0 Å². The second kappa shape index (κ2) is 6.65. The van der Waals surface area contributed by atoms with Crippen molar-refractivity contribution in [2.75, 3.05) is 5.75 Å². The maximum atomic E-state index is 5.98. The minimum atomic E-state index is -2.24. The summed E-state index contributed by atoms with van der Waals surface area (Å²) in [5.41, 5.74) is -0.192. The van der Waals surface area contributed by atoms with Gasteiger partial charge in [-0.15, -0.1) is 0 Å². The normalized spacial score (nSPS) is 27.7. The fraction of sp³-hybridized carbons (Fsp3) is 0.875. The van der Waals surface area contributed by atoms with Crippen LogP contribution in [-0.2, 0) is 20.9 Å². The second-order valence-corrected chi connectivity index (χ2v) is 13.6. The Morgan fingerprint density at radius 1 is 1.29 bits per heavy atom. The van der Waals surface area contributed by atoms with Crippen LogP contribution in [0.5, 0.6) is 0 Å². The van der Waals surface area contributed by atoms with E-state index < -0.39 is 5.69 Å². The van der Waals surface area contributed by atoms with Gasteiger partial charge < -0.3 is 9.05 Å². The lowest BCUT2D eigenvalue weighted by molar-refractivity contribution is -0.00536. The first kappa shape index (κ1) is 18.0. The van der Waals surface area contributed by atoms with Gasteiger partial charge in [-0.2, -0.15) is 0 Å². The maximum absolute atomic E-state index is 5.98. The topological polar surface area (TPSA) is 18.5 Å². The molecular formula is C16H29O2PS2. The first-order valence-corrected chi connectivity index (χ1v) is 12.2. The molecule has 0 aromatic carbocycles. The zero-order valence-electron chi connectivity index (χ0n) is 14.1. The molecule has 1 saturated carbocycles. The van der Waals surface area contributed by atoms with Crippen molar-refractivity contribution in [3.8, 4) is 0 Å². The van der Waals surface area contributed by atoms with Gasteiger partial charge in [-0.25, -0.2) is 0 Å². The van der Waals surface area contributed by atoms with Crippen molar-refractivity contribution < 1.29 is 9.05 Å². The number of hydrogen-bond acceptors (Lipinski definition) is 4. The van der Waals surface area contributed by atoms with E-state index in [4.69, 9.17) is 20.9 Å². The lowest BCUT2D eigenvalue weighted by Crippen LogP contribution is -2.48. The molecule has 21 heavy (non-hydrogen) atoms. The molecule has 3 rings (SSSR count). The third-order valence-electron chi connectivity index (χ3n) is 4.65. The minimum absolute atomic E-state index is 0.118. The molecule has 122 valence electrons. The Morgan fingerprint density at radius 3 is 2.29 bits per heavy atom. The molecule has 0 amide bonds. The minimum Gasteiger partial charge on any atom is -0.319 e. The predicted molar refractivity (Wildman–Crippen MR) is 97.3 cm³/mol. The Balaban J connectivity index is 1.99. The van der Waals surface area contributed by atoms with Crippen LogP contribution in [0.3, 0.4) is 0 Å². The van der Waals surface area contributed by atoms with Crippen molar-refractivity contribution in [2.45, 2.75) is 66.6 Å². The highest BCUT2D eigenvalue weighted by Crippen LogP contribution is 2.65. The summed E-state index contributed by atoms with van der Waals surface area (Å²) >= 11 is 7.46. The molecule has 2 nitrogen and oxygen atoms in total. The summed E-state index contributed by atoms with van der Waals surface area (Å²) in [7, 11) is 0. The van der Waals surface area contributed by atoms with E-state index in [2.05, 4.69) is 19.9 Å². The van der Waals surface area contributed by atoms with Crippen molar-refractivity contribution in [3.63, 3.8) is 0 Å². The van der Waals surface area contributed by atoms with Crippen molar-refractivity contribution in [2.24, 2.45) is 17.3 Å². The molecule has 3 aliphatic carbocycles. The van der Waals surface area contributed by atoms with Crippen molar-refractivity contribution in [1.29, 1.82) is 0 Å². The highest BCUT2D eigenvalue weighted by molar-refractivity contribution is 8.68. The van der Waals surface area contributed by atoms with Crippen LogP contribution >= 0.6 is 17.1 Å². The quantitative estimate of drug-likeness (QED) is 0.428. The molecule has 2 bridgehead atoms. The molecule has 5 heteroatoms. The first-order valence-electron chi connectivity index (χ1n) is 7.94. The Morgan fingerprint density at radius 2 is 1.86 bits per heavy atom. The largest absolute Gasteiger partial charge is 0.319 e. The van der Waals surface area contributed by atoms with Crippen LogP contribution in [0.4, 0.5) is 0 Å². The van der Waals surface area contributed by atoms with Gasteiger partial charge in [0.05, 0.1) is 12.2 Å². The Kier molecular flexibility index (Phi) is 5.70. The fourth-order valence-electron chi connectivity index (χ4n) is 3.40. The number of hydrogen-bond donors (Lipinski definition) is 0. The van der Waals surface area contributed by atoms with Crippen LogP contribution in [0.15, 0.2) is 11.6 Å². The van der Waals surface area contributed by atoms with E-state index in [1.54, 1.807) is 17.0 Å². The molecule has 0 heterocycles. The smallest absolute Gasteiger partial charge is 0.248 e. The van der Waals surface area contributed by atoms with E-state index >= 15 is 0 Å². The summed E-state index contributed by atoms with van der Waals surface area (Å²) in [6.07, 6.45) is 5.27. The Hall–Kier alpha value is 0.660. The third kappa shape index (κ3) is 4.14. The van der Waals surface area contributed by atoms with Crippen LogP contribution in [0, 0.1) is 17.3 Å². The van der Waals surface area contributed by atoms with Crippen molar-refractivity contribution >= 4 is 28.9 Å². The van der Waals surface area contributed by atoms with Gasteiger partial charge in [0.15, 0.2) is 0 Å². The SMILES string of the molecule is CC(C)OP(=S)(OC(C)C)SCC1=CCC2CC1C2(C)C. The second-order valence-electron chi connectivity index (χ2n) is 7.35. The summed E-state index contributed by atoms with van der Waals surface area (Å²) in [5.74, 6) is 2.60. The molecule has 1 fully saturated rings. The molecule has 0 N–H and O–H groups in total. The van der Waals surface area contributed by atoms with Crippen LogP contribution in [-0.4, -0.2) is 18.0 Å². The number of allylic oxidation sites excluding steroid dienone is 1. The van der Waals surface area contributed by atoms with Crippen LogP contribution in [0.2, 0.25) is 0 Å². The third-order valence-corrected chi connectivity index (χ3v) is 10.1. The molecular weight excluding hydrogens is 319 g/mol. The van der Waals surface area contributed by atoms with Gasteiger partial charge in [0.1, 0.15) is 0 Å². The average Bonchev–Trinajstić information content (AvgIpc) is 2.34. The summed E-state index contributed by atoms with van der Waals surface area (Å²) in [6, 6.07) is 0. The highest BCUT2D eigenvalue weighted by atomic mass is 32.9. The number of rotatable bonds is 7. The van der Waals surface area contributed by atoms with Gasteiger partial charge in [0, 0.05) is 5.75 Å². The standard InChI is InChI=1S/C16H29O2PS2/c1-11(2)17-19(20,18-12(3)4)21-10-13-7-8-14-9-15(13)16(14,5)6/h7,11-12,14-15H,8-10H2,1-6H3. The van der Waals surface area contributed by atoms with E-state index in [-0.39, 0.29) is 12.2 Å². The van der Waals surface area contributed by atoms with Gasteiger partial charge >= 0.3 is 0 Å². The Labute approximate surface area is 139 Å². The molecule has 0 aromatic rings. The Bertz CT molecular complexity index is 443. The van der Waals surface area contributed by atoms with E-state index in [1.807, 2.05) is 27.7 Å². The van der Waals surface area contributed by atoms with Crippen molar-refractivity contribution in [3.05, 3.63) is 11.6 Å². The average molecular weight is 349 g/mol. The van der Waals surface area contributed by atoms with E-state index in [0.29, 0.717) is 5.41 Å². The molecule has 0 aliphatic heterocycles. The fourth-order valence-corrected chi connectivity index (χ4v) is 9.05. The highest BCUT2D eigenvalue weighted by Gasteiger charge is 2.51. The molecule has 0 aromatic heterocycles. The van der Waals surface area contributed by atoms with Crippen LogP contribution in [0.25, 0.3) is 0 Å². The molecule has 3 aliphatic rings. The lowest BCUT2D eigenvalue weighted by Gasteiger charge is -2.56. The van der Waals surface area contributed by atoms with Crippen molar-refractivity contribution in [1.82, 2.24) is 0 Å². The van der Waals surface area contributed by atoms with Gasteiger partial charge in [-0.3, -0.25) is 0 Å². The first-order chi connectivity index (χ1) is 9.64. The molecule has 2 unspecified atom stereocenters. The summed E-state index contributed by atoms with van der Waals surface area (Å²) < 4.78 is 12.0. The molecule has 0 saturated heterocycles. The molecule has 2 atom stereocenters. The van der Waals surface area contributed by atoms with Gasteiger partial charge in [-0.05, 0) is 69.6 Å². The van der Waals surface area contributed by atoms with E-state index in [9.17, 15) is 0 Å². The summed E-state index contributed by atoms with van der Waals surface area (Å²) in [5, 5.41) is 0. The zero-order valence-corrected chi connectivity index (χ0v) is 16.6. The predicted octanol–water partition coefficient (Wildman–Crippen LogP) is 5.79.